The van der Waals surface area contributed by atoms with E-state index in [1.807, 2.05) is 54.7 Å². The molecule has 39 heavy (non-hydrogen) atoms. The molecule has 0 saturated carbocycles. The van der Waals surface area contributed by atoms with Crippen LogP contribution in [0.3, 0.4) is 0 Å². The van der Waals surface area contributed by atoms with Gasteiger partial charge in [-0.1, -0.05) is 42.5 Å². The molecule has 0 aliphatic carbocycles. The molecule has 3 aromatic carbocycles. The summed E-state index contributed by atoms with van der Waals surface area (Å²) in [6, 6.07) is 24.3. The molecule has 0 bridgehead atoms. The van der Waals surface area contributed by atoms with Crippen molar-refractivity contribution in [2.45, 2.75) is 19.6 Å². The zero-order valence-corrected chi connectivity index (χ0v) is 22.8. The number of fused-ring (bicyclic) bond motifs is 1. The van der Waals surface area contributed by atoms with Crippen molar-refractivity contribution in [3.63, 3.8) is 0 Å². The normalized spacial score (nSPS) is 15.5. The van der Waals surface area contributed by atoms with Crippen molar-refractivity contribution in [1.29, 1.82) is 0 Å². The Morgan fingerprint density at radius 2 is 1.77 bits per heavy atom. The van der Waals surface area contributed by atoms with Crippen molar-refractivity contribution in [3.8, 4) is 22.0 Å². The van der Waals surface area contributed by atoms with Gasteiger partial charge >= 0.3 is 0 Å². The van der Waals surface area contributed by atoms with Crippen molar-refractivity contribution in [3.05, 3.63) is 90.3 Å². The molecule has 0 unspecified atom stereocenters. The van der Waals surface area contributed by atoms with Crippen LogP contribution in [0.2, 0.25) is 0 Å². The Bertz CT molecular complexity index is 1530. The summed E-state index contributed by atoms with van der Waals surface area (Å²) < 4.78 is 7.06. The first-order valence-electron chi connectivity index (χ1n) is 13.3. The number of ether oxygens (including phenoxy) is 1. The lowest BCUT2D eigenvalue weighted by Gasteiger charge is -2.35. The van der Waals surface area contributed by atoms with Gasteiger partial charge in [0.05, 0.1) is 27.8 Å². The van der Waals surface area contributed by atoms with Crippen molar-refractivity contribution in [1.82, 2.24) is 29.8 Å². The molecule has 1 atom stereocenters. The average molecular weight is 541 g/mol. The first-order valence-corrected chi connectivity index (χ1v) is 14.1. The first-order chi connectivity index (χ1) is 19.1. The number of aliphatic hydroxyl groups excluding tert-OH is 1. The molecule has 6 rings (SSSR count). The van der Waals surface area contributed by atoms with Crippen molar-refractivity contribution >= 4 is 21.6 Å². The quantitative estimate of drug-likeness (QED) is 0.297. The zero-order valence-electron chi connectivity index (χ0n) is 22.0. The zero-order chi connectivity index (χ0) is 26.6. The maximum atomic E-state index is 10.6. The number of benzene rings is 3. The Kier molecular flexibility index (Phi) is 7.64. The van der Waals surface area contributed by atoms with E-state index in [1.54, 1.807) is 16.1 Å². The van der Waals surface area contributed by atoms with Gasteiger partial charge in [-0.3, -0.25) is 9.80 Å². The summed E-state index contributed by atoms with van der Waals surface area (Å²) in [6.45, 7) is 7.34. The second kappa shape index (κ2) is 11.6. The SMILES string of the molecule is Cc1cccc(-n2ncc(CN3CCN(C[C@@H](O)COc4ccc5sc(-c6ccccc6)nc5c4)CC3)n2)c1. The minimum absolute atomic E-state index is 0.253. The van der Waals surface area contributed by atoms with Gasteiger partial charge in [0.1, 0.15) is 23.5 Å². The number of aryl methyl sites for hydroxylation is 1. The number of thiazole rings is 1. The number of aliphatic hydroxyl groups is 1. The Morgan fingerprint density at radius 1 is 0.949 bits per heavy atom. The highest BCUT2D eigenvalue weighted by Crippen LogP contribution is 2.32. The molecule has 8 nitrogen and oxygen atoms in total. The Hall–Kier alpha value is -3.63. The van der Waals surface area contributed by atoms with Crippen LogP contribution >= 0.6 is 11.3 Å². The van der Waals surface area contributed by atoms with Crippen molar-refractivity contribution in [2.75, 3.05) is 39.3 Å². The van der Waals surface area contributed by atoms with Crippen LogP contribution in [-0.4, -0.2) is 80.3 Å². The maximum Gasteiger partial charge on any atom is 0.124 e. The summed E-state index contributed by atoms with van der Waals surface area (Å²) in [4.78, 5) is 11.2. The second-order valence-corrected chi connectivity index (χ2v) is 11.1. The summed E-state index contributed by atoms with van der Waals surface area (Å²) in [5.41, 5.74) is 5.16. The third-order valence-corrected chi connectivity index (χ3v) is 8.00. The topological polar surface area (TPSA) is 79.5 Å². The van der Waals surface area contributed by atoms with Crippen LogP contribution in [0.1, 0.15) is 11.3 Å². The Labute approximate surface area is 232 Å². The highest BCUT2D eigenvalue weighted by atomic mass is 32.1. The molecule has 1 aliphatic rings. The summed E-state index contributed by atoms with van der Waals surface area (Å²) in [5.74, 6) is 0.731. The predicted octanol–water partition coefficient (Wildman–Crippen LogP) is 4.41. The van der Waals surface area contributed by atoms with E-state index in [0.29, 0.717) is 6.54 Å². The molecular weight excluding hydrogens is 508 g/mol. The predicted molar refractivity (Wildman–Crippen MR) is 154 cm³/mol. The van der Waals surface area contributed by atoms with Gasteiger partial charge in [0.25, 0.3) is 0 Å². The fourth-order valence-electron chi connectivity index (χ4n) is 4.85. The van der Waals surface area contributed by atoms with E-state index < -0.39 is 6.10 Å². The van der Waals surface area contributed by atoms with Gasteiger partial charge in [0.15, 0.2) is 0 Å². The molecule has 0 radical (unpaired) electrons. The van der Waals surface area contributed by atoms with Gasteiger partial charge in [-0.2, -0.15) is 15.0 Å². The third kappa shape index (κ3) is 6.34. The molecule has 2 aromatic heterocycles. The van der Waals surface area contributed by atoms with E-state index in [4.69, 9.17) is 9.72 Å². The number of piperazine rings is 1. The van der Waals surface area contributed by atoms with E-state index >= 15 is 0 Å². The van der Waals surface area contributed by atoms with Crippen LogP contribution < -0.4 is 4.74 Å². The largest absolute Gasteiger partial charge is 0.491 e. The van der Waals surface area contributed by atoms with Gasteiger partial charge in [0, 0.05) is 50.9 Å². The molecule has 1 aliphatic heterocycles. The van der Waals surface area contributed by atoms with Gasteiger partial charge in [-0.15, -0.1) is 11.3 Å². The lowest BCUT2D eigenvalue weighted by atomic mass is 10.2. The Morgan fingerprint density at radius 3 is 2.59 bits per heavy atom. The van der Waals surface area contributed by atoms with Gasteiger partial charge in [-0.05, 0) is 36.8 Å². The number of aromatic nitrogens is 4. The smallest absolute Gasteiger partial charge is 0.124 e. The number of rotatable bonds is 9. The average Bonchev–Trinajstić information content (AvgIpc) is 3.61. The lowest BCUT2D eigenvalue weighted by Crippen LogP contribution is -2.48. The van der Waals surface area contributed by atoms with E-state index in [9.17, 15) is 5.11 Å². The fourth-order valence-corrected chi connectivity index (χ4v) is 5.80. The van der Waals surface area contributed by atoms with E-state index in [2.05, 4.69) is 51.2 Å². The van der Waals surface area contributed by atoms with Crippen LogP contribution in [0.4, 0.5) is 0 Å². The van der Waals surface area contributed by atoms with Gasteiger partial charge < -0.3 is 9.84 Å². The van der Waals surface area contributed by atoms with Gasteiger partial charge in [0.2, 0.25) is 0 Å². The lowest BCUT2D eigenvalue weighted by molar-refractivity contribution is 0.0444. The Balaban J connectivity index is 0.959. The van der Waals surface area contributed by atoms with E-state index in [0.717, 1.165) is 70.6 Å². The first kappa shape index (κ1) is 25.6. The van der Waals surface area contributed by atoms with Crippen LogP contribution in [-0.2, 0) is 6.54 Å². The van der Waals surface area contributed by atoms with Crippen molar-refractivity contribution < 1.29 is 9.84 Å². The van der Waals surface area contributed by atoms with Crippen LogP contribution in [0, 0.1) is 6.92 Å². The molecule has 0 spiro atoms. The highest BCUT2D eigenvalue weighted by molar-refractivity contribution is 7.21. The maximum absolute atomic E-state index is 10.6. The summed E-state index contributed by atoms with van der Waals surface area (Å²) >= 11 is 1.67. The third-order valence-electron chi connectivity index (χ3n) is 6.91. The molecule has 0 amide bonds. The fraction of sp³-hybridized carbons (Fsp3) is 0.300. The van der Waals surface area contributed by atoms with Crippen molar-refractivity contribution in [2.24, 2.45) is 0 Å². The molecule has 1 N–H and O–H groups in total. The molecular formula is C30H32N6O2S. The minimum atomic E-state index is -0.559. The highest BCUT2D eigenvalue weighted by Gasteiger charge is 2.20. The summed E-state index contributed by atoms with van der Waals surface area (Å²) in [7, 11) is 0. The second-order valence-electron chi connectivity index (χ2n) is 10.0. The molecule has 1 fully saturated rings. The number of β-amino-alcohol motifs (C(OH)–C–C–N with tert-alkyl or cyclic N) is 1. The van der Waals surface area contributed by atoms with E-state index in [-0.39, 0.29) is 6.61 Å². The molecule has 9 heteroatoms. The van der Waals surface area contributed by atoms with Crippen LogP contribution in [0.5, 0.6) is 5.75 Å². The van der Waals surface area contributed by atoms with E-state index in [1.165, 1.54) is 5.56 Å². The summed E-state index contributed by atoms with van der Waals surface area (Å²) in [6.07, 6.45) is 1.29. The standard InChI is InChI=1S/C30H32N6O2S/c1-22-6-5-9-25(16-22)36-31-18-24(33-36)19-34-12-14-35(15-13-34)20-26(37)21-38-27-10-11-29-28(17-27)32-30(39-29)23-7-3-2-4-8-23/h2-11,16-18,26,37H,12-15,19-21H2,1H3/t26-/m1/s1. The monoisotopic (exact) mass is 540 g/mol. The van der Waals surface area contributed by atoms with Crippen LogP contribution in [0.15, 0.2) is 79.0 Å². The molecule has 5 aromatic rings. The van der Waals surface area contributed by atoms with Crippen LogP contribution in [0.25, 0.3) is 26.5 Å². The number of nitrogens with zero attached hydrogens (tertiary/aromatic N) is 6. The number of hydrogen-bond donors (Lipinski definition) is 1. The molecule has 200 valence electrons. The molecule has 1 saturated heterocycles. The summed E-state index contributed by atoms with van der Waals surface area (Å²) in [5, 5.41) is 20.7. The van der Waals surface area contributed by atoms with Gasteiger partial charge in [-0.25, -0.2) is 4.98 Å². The minimum Gasteiger partial charge on any atom is -0.491 e. The number of hydrogen-bond acceptors (Lipinski definition) is 8. The molecule has 3 heterocycles.